The molecule has 0 N–H and O–H groups in total. The number of nitrogens with zero attached hydrogens (tertiary/aromatic N) is 4. The number of pyridine rings is 1. The molecule has 2 fully saturated rings. The first kappa shape index (κ1) is 21.9. The molecule has 1 amide bonds. The molecule has 2 aromatic rings. The summed E-state index contributed by atoms with van der Waals surface area (Å²) in [6.45, 7) is 5.68. The summed E-state index contributed by atoms with van der Waals surface area (Å²) in [4.78, 5) is 24.5. The molecule has 166 valence electrons. The molecular formula is C25H34N4O2. The van der Waals surface area contributed by atoms with Crippen LogP contribution in [0.5, 0.6) is 0 Å². The van der Waals surface area contributed by atoms with Gasteiger partial charge in [0.25, 0.3) is 5.91 Å². The third-order valence-corrected chi connectivity index (χ3v) is 6.68. The number of hydrogen-bond donors (Lipinski definition) is 0. The molecule has 0 radical (unpaired) electrons. The van der Waals surface area contributed by atoms with Crippen LogP contribution < -0.4 is 4.90 Å². The Balaban J connectivity index is 1.35. The Hall–Kier alpha value is -2.28. The number of amides is 1. The summed E-state index contributed by atoms with van der Waals surface area (Å²) in [5.74, 6) is 0.711. The van der Waals surface area contributed by atoms with Gasteiger partial charge in [0.1, 0.15) is 5.82 Å². The molecular weight excluding hydrogens is 388 g/mol. The minimum atomic E-state index is 0.00285. The third kappa shape index (κ3) is 5.50. The summed E-state index contributed by atoms with van der Waals surface area (Å²) < 4.78 is 5.77. The highest BCUT2D eigenvalue weighted by Crippen LogP contribution is 2.26. The van der Waals surface area contributed by atoms with Crippen molar-refractivity contribution in [3.8, 4) is 0 Å². The Morgan fingerprint density at radius 2 is 1.77 bits per heavy atom. The van der Waals surface area contributed by atoms with Crippen LogP contribution in [0.2, 0.25) is 0 Å². The van der Waals surface area contributed by atoms with Crippen molar-refractivity contribution in [2.45, 2.75) is 37.8 Å². The van der Waals surface area contributed by atoms with Crippen LogP contribution in [-0.2, 0) is 4.74 Å². The zero-order valence-electron chi connectivity index (χ0n) is 18.5. The number of carbonyl (C=O) groups excluding carboxylic acids is 1. The van der Waals surface area contributed by atoms with Crippen molar-refractivity contribution >= 4 is 11.7 Å². The van der Waals surface area contributed by atoms with Crippen molar-refractivity contribution in [1.82, 2.24) is 14.8 Å². The van der Waals surface area contributed by atoms with E-state index in [1.807, 2.05) is 60.5 Å². The van der Waals surface area contributed by atoms with E-state index in [1.165, 1.54) is 25.7 Å². The van der Waals surface area contributed by atoms with Crippen LogP contribution in [0.15, 0.2) is 54.7 Å². The molecule has 6 heteroatoms. The number of rotatable bonds is 7. The number of ether oxygens (including phenoxy) is 1. The smallest absolute Gasteiger partial charge is 0.259 e. The van der Waals surface area contributed by atoms with Crippen LogP contribution in [0.25, 0.3) is 0 Å². The van der Waals surface area contributed by atoms with E-state index in [-0.39, 0.29) is 5.91 Å². The fourth-order valence-corrected chi connectivity index (χ4v) is 4.90. The van der Waals surface area contributed by atoms with E-state index >= 15 is 0 Å². The molecule has 2 unspecified atom stereocenters. The maximum absolute atomic E-state index is 13.2. The molecule has 0 spiro atoms. The molecule has 1 aromatic carbocycles. The van der Waals surface area contributed by atoms with Crippen molar-refractivity contribution < 1.29 is 9.53 Å². The predicted octanol–water partition coefficient (Wildman–Crippen LogP) is 3.30. The highest BCUT2D eigenvalue weighted by atomic mass is 16.5. The van der Waals surface area contributed by atoms with Gasteiger partial charge in [-0.25, -0.2) is 4.98 Å². The molecule has 1 aliphatic heterocycles. The standard InChI is InChI=1S/C25H34N4O2/c1-31-23-12-6-5-11-22(23)28-18-15-27(16-19-28)17-20-29(24-13-7-8-14-26-24)25(30)21-9-3-2-4-10-21/h2-4,7-10,13-14,22-23H,5-6,11-12,15-20H2,1H3. The summed E-state index contributed by atoms with van der Waals surface area (Å²) in [6.07, 6.45) is 7.15. The Kier molecular flexibility index (Phi) is 7.67. The summed E-state index contributed by atoms with van der Waals surface area (Å²) in [5.41, 5.74) is 0.695. The van der Waals surface area contributed by atoms with Crippen LogP contribution in [-0.4, -0.2) is 79.2 Å². The summed E-state index contributed by atoms with van der Waals surface area (Å²) >= 11 is 0. The number of aromatic nitrogens is 1. The molecule has 1 aromatic heterocycles. The Labute approximate surface area is 185 Å². The topological polar surface area (TPSA) is 48.9 Å². The molecule has 1 saturated carbocycles. The monoisotopic (exact) mass is 422 g/mol. The lowest BCUT2D eigenvalue weighted by molar-refractivity contribution is -0.0267. The highest BCUT2D eigenvalue weighted by molar-refractivity contribution is 6.05. The fraction of sp³-hybridized carbons (Fsp3) is 0.520. The third-order valence-electron chi connectivity index (χ3n) is 6.68. The van der Waals surface area contributed by atoms with Gasteiger partial charge in [0.05, 0.1) is 6.10 Å². The molecule has 2 aliphatic rings. The van der Waals surface area contributed by atoms with Gasteiger partial charge in [-0.3, -0.25) is 19.5 Å². The van der Waals surface area contributed by atoms with Gasteiger partial charge in [-0.05, 0) is 37.1 Å². The van der Waals surface area contributed by atoms with Gasteiger partial charge in [0.2, 0.25) is 0 Å². The van der Waals surface area contributed by atoms with Gasteiger partial charge in [0, 0.05) is 64.2 Å². The minimum absolute atomic E-state index is 0.00285. The molecule has 2 heterocycles. The number of benzene rings is 1. The molecule has 4 rings (SSSR count). The van der Waals surface area contributed by atoms with Crippen molar-refractivity contribution in [1.29, 1.82) is 0 Å². The van der Waals surface area contributed by atoms with Gasteiger partial charge < -0.3 is 4.74 Å². The van der Waals surface area contributed by atoms with Gasteiger partial charge in [0.15, 0.2) is 0 Å². The van der Waals surface area contributed by atoms with Gasteiger partial charge in [-0.1, -0.05) is 37.1 Å². The molecule has 6 nitrogen and oxygen atoms in total. The second-order valence-electron chi connectivity index (χ2n) is 8.51. The van der Waals surface area contributed by atoms with Gasteiger partial charge in [-0.15, -0.1) is 0 Å². The second kappa shape index (κ2) is 10.8. The van der Waals surface area contributed by atoms with Crippen LogP contribution in [0.4, 0.5) is 5.82 Å². The SMILES string of the molecule is COC1CCCCC1N1CCN(CCN(C(=O)c2ccccc2)c2ccccn2)CC1. The van der Waals surface area contributed by atoms with Crippen LogP contribution in [0.3, 0.4) is 0 Å². The Morgan fingerprint density at radius 1 is 1.03 bits per heavy atom. The first-order chi connectivity index (χ1) is 15.3. The van der Waals surface area contributed by atoms with Crippen LogP contribution in [0.1, 0.15) is 36.0 Å². The Bertz CT molecular complexity index is 809. The first-order valence-corrected chi connectivity index (χ1v) is 11.5. The highest BCUT2D eigenvalue weighted by Gasteiger charge is 2.32. The van der Waals surface area contributed by atoms with E-state index in [9.17, 15) is 4.79 Å². The molecule has 1 aliphatic carbocycles. The second-order valence-corrected chi connectivity index (χ2v) is 8.51. The molecule has 1 saturated heterocycles. The minimum Gasteiger partial charge on any atom is -0.380 e. The number of methoxy groups -OCH3 is 1. The predicted molar refractivity (Wildman–Crippen MR) is 123 cm³/mol. The van der Waals surface area contributed by atoms with Crippen molar-refractivity contribution in [2.75, 3.05) is 51.3 Å². The molecule has 2 atom stereocenters. The van der Waals surface area contributed by atoms with Crippen LogP contribution >= 0.6 is 0 Å². The maximum Gasteiger partial charge on any atom is 0.259 e. The lowest BCUT2D eigenvalue weighted by atomic mass is 9.91. The zero-order valence-corrected chi connectivity index (χ0v) is 18.5. The first-order valence-electron chi connectivity index (χ1n) is 11.5. The Morgan fingerprint density at radius 3 is 2.48 bits per heavy atom. The van der Waals surface area contributed by atoms with E-state index in [0.29, 0.717) is 30.1 Å². The number of anilines is 1. The lowest BCUT2D eigenvalue weighted by Gasteiger charge is -2.43. The number of carbonyl (C=O) groups is 1. The zero-order chi connectivity index (χ0) is 21.5. The van der Waals surface area contributed by atoms with E-state index < -0.39 is 0 Å². The lowest BCUT2D eigenvalue weighted by Crippen LogP contribution is -2.55. The summed E-state index contributed by atoms with van der Waals surface area (Å²) in [6, 6.07) is 15.8. The van der Waals surface area contributed by atoms with Gasteiger partial charge >= 0.3 is 0 Å². The molecule has 31 heavy (non-hydrogen) atoms. The fourth-order valence-electron chi connectivity index (χ4n) is 4.90. The average Bonchev–Trinajstić information content (AvgIpc) is 2.85. The normalized spacial score (nSPS) is 22.9. The van der Waals surface area contributed by atoms with Gasteiger partial charge in [-0.2, -0.15) is 0 Å². The van der Waals surface area contributed by atoms with Crippen molar-refractivity contribution in [3.05, 3.63) is 60.3 Å². The number of piperazine rings is 1. The largest absolute Gasteiger partial charge is 0.380 e. The van der Waals surface area contributed by atoms with E-state index in [4.69, 9.17) is 4.74 Å². The van der Waals surface area contributed by atoms with Crippen molar-refractivity contribution in [3.63, 3.8) is 0 Å². The van der Waals surface area contributed by atoms with E-state index in [1.54, 1.807) is 6.20 Å². The summed E-state index contributed by atoms with van der Waals surface area (Å²) in [7, 11) is 1.86. The average molecular weight is 423 g/mol. The quantitative estimate of drug-likeness (QED) is 0.685. The van der Waals surface area contributed by atoms with E-state index in [0.717, 1.165) is 32.7 Å². The maximum atomic E-state index is 13.2. The summed E-state index contributed by atoms with van der Waals surface area (Å²) in [5, 5.41) is 0. The van der Waals surface area contributed by atoms with Crippen LogP contribution in [0, 0.1) is 0 Å². The van der Waals surface area contributed by atoms with Crippen molar-refractivity contribution in [2.24, 2.45) is 0 Å². The molecule has 0 bridgehead atoms. The number of hydrogen-bond acceptors (Lipinski definition) is 5. The van der Waals surface area contributed by atoms with E-state index in [2.05, 4.69) is 14.8 Å².